The maximum absolute atomic E-state index is 10.8. The Morgan fingerprint density at radius 3 is 1.46 bits per heavy atom. The van der Waals surface area contributed by atoms with E-state index >= 15 is 0 Å². The lowest BCUT2D eigenvalue weighted by molar-refractivity contribution is 0.295. The number of rotatable bonds is 6. The maximum Gasteiger partial charge on any atom is 0.688 e. The van der Waals surface area contributed by atoms with Crippen LogP contribution in [0.15, 0.2) is 0 Å². The third-order valence-corrected chi connectivity index (χ3v) is 6.19. The molecule has 0 aliphatic rings. The summed E-state index contributed by atoms with van der Waals surface area (Å²) >= 11 is 0. The van der Waals surface area contributed by atoms with E-state index in [9.17, 15) is 9.13 Å². The zero-order valence-corrected chi connectivity index (χ0v) is 10.6. The molecule has 13 heavy (non-hydrogen) atoms. The predicted octanol–water partition coefficient (Wildman–Crippen LogP) is 2.33. The summed E-state index contributed by atoms with van der Waals surface area (Å²) in [7, 11) is -4.59. The number of hydrogen-bond donors (Lipinski definition) is 0. The zero-order valence-electron chi connectivity index (χ0n) is 7.84. The van der Waals surface area contributed by atoms with E-state index in [0.29, 0.717) is 0 Å². The highest BCUT2D eigenvalue weighted by Crippen LogP contribution is 2.35. The van der Waals surface area contributed by atoms with Crippen LogP contribution in [0.1, 0.15) is 0 Å². The number of hydrogen-bond acceptors (Lipinski definition) is 6. The van der Waals surface area contributed by atoms with E-state index < -0.39 is 25.1 Å². The normalized spacial score (nSPS) is 14.2. The summed E-state index contributed by atoms with van der Waals surface area (Å²) in [5.41, 5.74) is 0. The van der Waals surface area contributed by atoms with Gasteiger partial charge in [-0.2, -0.15) is 0 Å². The fourth-order valence-electron chi connectivity index (χ4n) is 0.450. The molecule has 0 spiro atoms. The molecule has 9 heteroatoms. The Morgan fingerprint density at radius 2 is 1.23 bits per heavy atom. The second-order valence-electron chi connectivity index (χ2n) is 2.39. The van der Waals surface area contributed by atoms with E-state index in [1.807, 2.05) is 0 Å². The third kappa shape index (κ3) is 6.34. The molecule has 0 heterocycles. The molecule has 0 fully saturated rings. The predicted molar refractivity (Wildman–Crippen MR) is 48.9 cm³/mol. The van der Waals surface area contributed by atoms with Crippen molar-refractivity contribution in [2.24, 2.45) is 0 Å². The zero-order chi connectivity index (χ0) is 10.5. The molecular formula is C4H12O6P2Si+2. The molecule has 0 aromatic carbocycles. The van der Waals surface area contributed by atoms with Crippen molar-refractivity contribution in [1.29, 1.82) is 0 Å². The molecule has 0 N–H and O–H groups in total. The second-order valence-corrected chi connectivity index (χ2v) is 8.28. The maximum atomic E-state index is 10.8. The van der Waals surface area contributed by atoms with Gasteiger partial charge in [0.05, 0.1) is 14.2 Å². The monoisotopic (exact) mass is 246 g/mol. The summed E-state index contributed by atoms with van der Waals surface area (Å²) in [6, 6.07) is 0. The van der Waals surface area contributed by atoms with E-state index in [0.717, 1.165) is 0 Å². The Balaban J connectivity index is 4.07. The van der Waals surface area contributed by atoms with Gasteiger partial charge in [0, 0.05) is 9.13 Å². The van der Waals surface area contributed by atoms with Crippen molar-refractivity contribution in [3.8, 4) is 0 Å². The molecule has 0 rings (SSSR count). The molecule has 2 unspecified atom stereocenters. The average Bonchev–Trinajstić information content (AvgIpc) is 2.02. The van der Waals surface area contributed by atoms with Gasteiger partial charge in [0.15, 0.2) is 0 Å². The van der Waals surface area contributed by atoms with Gasteiger partial charge >= 0.3 is 25.1 Å². The van der Waals surface area contributed by atoms with Gasteiger partial charge in [0.2, 0.25) is 0 Å². The summed E-state index contributed by atoms with van der Waals surface area (Å²) in [5, 5.41) is 0. The average molecular weight is 246 g/mol. The first-order valence-electron chi connectivity index (χ1n) is 3.32. The van der Waals surface area contributed by atoms with Gasteiger partial charge in [-0.15, -0.1) is 17.5 Å². The standard InChI is InChI=1S/C4H12O6P2Si/c1-7-11(5)9-13(3,4)10-12(6)8-2/h1-4H3/q+2. The van der Waals surface area contributed by atoms with Crippen LogP contribution in [-0.4, -0.2) is 22.8 Å². The lowest BCUT2D eigenvalue weighted by Crippen LogP contribution is -2.29. The lowest BCUT2D eigenvalue weighted by atomic mass is 11.8. The Labute approximate surface area is 79.7 Å². The SMILES string of the molecule is CO[P+](=O)O[Si](C)(C)O[P+](=O)OC. The topological polar surface area (TPSA) is 71.1 Å². The first kappa shape index (κ1) is 13.3. The molecule has 0 aliphatic heterocycles. The van der Waals surface area contributed by atoms with Crippen LogP contribution in [0, 0.1) is 0 Å². The molecule has 0 saturated heterocycles. The molecule has 0 amide bonds. The van der Waals surface area contributed by atoms with E-state index in [2.05, 4.69) is 9.05 Å². The van der Waals surface area contributed by atoms with E-state index in [-0.39, 0.29) is 0 Å². The van der Waals surface area contributed by atoms with Crippen LogP contribution in [0.2, 0.25) is 13.1 Å². The van der Waals surface area contributed by atoms with Gasteiger partial charge in [-0.25, -0.2) is 0 Å². The Kier molecular flexibility index (Phi) is 5.99. The van der Waals surface area contributed by atoms with Gasteiger partial charge < -0.3 is 0 Å². The highest BCUT2D eigenvalue weighted by molar-refractivity contribution is 7.38. The van der Waals surface area contributed by atoms with Gasteiger partial charge in [-0.1, -0.05) is 0 Å². The third-order valence-electron chi connectivity index (χ3n) is 0.887. The van der Waals surface area contributed by atoms with Gasteiger partial charge in [0.25, 0.3) is 0 Å². The molecule has 0 aromatic heterocycles. The lowest BCUT2D eigenvalue weighted by Gasteiger charge is -2.03. The summed E-state index contributed by atoms with van der Waals surface area (Å²) in [4.78, 5) is 0. The first-order valence-corrected chi connectivity index (χ1v) is 8.33. The molecular weight excluding hydrogens is 234 g/mol. The van der Waals surface area contributed by atoms with E-state index in [1.165, 1.54) is 14.2 Å². The van der Waals surface area contributed by atoms with Crippen molar-refractivity contribution in [2.45, 2.75) is 13.1 Å². The van der Waals surface area contributed by atoms with Crippen LogP contribution < -0.4 is 0 Å². The van der Waals surface area contributed by atoms with E-state index in [4.69, 9.17) is 8.43 Å². The second kappa shape index (κ2) is 5.88. The Morgan fingerprint density at radius 1 is 0.923 bits per heavy atom. The molecule has 0 radical (unpaired) electrons. The first-order chi connectivity index (χ1) is 5.91. The Hall–Kier alpha value is 0.257. The van der Waals surface area contributed by atoms with Gasteiger partial charge in [-0.3, -0.25) is 0 Å². The molecule has 0 bridgehead atoms. The van der Waals surface area contributed by atoms with E-state index in [1.54, 1.807) is 13.1 Å². The largest absolute Gasteiger partial charge is 0.688 e. The molecule has 76 valence electrons. The highest BCUT2D eigenvalue weighted by Gasteiger charge is 2.46. The van der Waals surface area contributed by atoms with Crippen molar-refractivity contribution >= 4 is 25.1 Å². The van der Waals surface area contributed by atoms with Crippen molar-refractivity contribution < 1.29 is 26.6 Å². The fourth-order valence-corrected chi connectivity index (χ4v) is 4.35. The smallest absolute Gasteiger partial charge is 0.136 e. The minimum Gasteiger partial charge on any atom is -0.136 e. The summed E-state index contributed by atoms with van der Waals surface area (Å²) in [5.74, 6) is 0. The van der Waals surface area contributed by atoms with Crippen LogP contribution in [0.5, 0.6) is 0 Å². The fraction of sp³-hybridized carbons (Fsp3) is 1.00. The quantitative estimate of drug-likeness (QED) is 0.529. The highest BCUT2D eigenvalue weighted by atomic mass is 31.1. The van der Waals surface area contributed by atoms with Crippen LogP contribution in [0.3, 0.4) is 0 Å². The van der Waals surface area contributed by atoms with Crippen molar-refractivity contribution in [1.82, 2.24) is 0 Å². The molecule has 2 atom stereocenters. The van der Waals surface area contributed by atoms with Gasteiger partial charge in [-0.05, 0) is 13.1 Å². The summed E-state index contributed by atoms with van der Waals surface area (Å²) < 4.78 is 40.3. The molecule has 6 nitrogen and oxygen atoms in total. The molecule has 0 saturated carbocycles. The molecule has 0 aliphatic carbocycles. The van der Waals surface area contributed by atoms with Gasteiger partial charge in [0.1, 0.15) is 0 Å². The Bertz CT molecular complexity index is 187. The minimum atomic E-state index is -2.69. The summed E-state index contributed by atoms with van der Waals surface area (Å²) in [6.45, 7) is 3.18. The molecule has 0 aromatic rings. The minimum absolute atomic E-state index is 1.25. The van der Waals surface area contributed by atoms with Crippen molar-refractivity contribution in [2.75, 3.05) is 14.2 Å². The van der Waals surface area contributed by atoms with Crippen LogP contribution in [-0.2, 0) is 26.6 Å². The van der Waals surface area contributed by atoms with Crippen LogP contribution in [0.4, 0.5) is 0 Å². The van der Waals surface area contributed by atoms with Crippen LogP contribution >= 0.6 is 16.5 Å². The summed E-state index contributed by atoms with van der Waals surface area (Å²) in [6.07, 6.45) is 0. The van der Waals surface area contributed by atoms with Crippen molar-refractivity contribution in [3.63, 3.8) is 0 Å². The van der Waals surface area contributed by atoms with Crippen LogP contribution in [0.25, 0.3) is 0 Å². The van der Waals surface area contributed by atoms with Crippen molar-refractivity contribution in [3.05, 3.63) is 0 Å².